The molecule has 1 N–H and O–H groups in total. The molecule has 0 fully saturated rings. The van der Waals surface area contributed by atoms with Gasteiger partial charge < -0.3 is 0 Å². The van der Waals surface area contributed by atoms with E-state index in [1.807, 2.05) is 0 Å². The van der Waals surface area contributed by atoms with Crippen LogP contribution >= 0.6 is 12.4 Å². The molecule has 0 saturated carbocycles. The minimum atomic E-state index is -3.78. The highest BCUT2D eigenvalue weighted by molar-refractivity contribution is 7.92. The molecule has 3 nitrogen and oxygen atoms in total. The van der Waals surface area contributed by atoms with Crippen molar-refractivity contribution < 1.29 is 17.2 Å². The summed E-state index contributed by atoms with van der Waals surface area (Å²) in [6.07, 6.45) is 0. The first-order chi connectivity index (χ1) is 8.47. The van der Waals surface area contributed by atoms with Crippen molar-refractivity contribution in [1.29, 1.82) is 0 Å². The second-order valence-corrected chi connectivity index (χ2v) is 5.25. The van der Waals surface area contributed by atoms with Crippen LogP contribution in [0.5, 0.6) is 0 Å². The van der Waals surface area contributed by atoms with E-state index >= 15 is 0 Å². The van der Waals surface area contributed by atoms with Crippen LogP contribution in [0.25, 0.3) is 0 Å². The second-order valence-electron chi connectivity index (χ2n) is 3.57. The monoisotopic (exact) mass is 305 g/mol. The third-order valence-corrected chi connectivity index (χ3v) is 3.62. The van der Waals surface area contributed by atoms with Gasteiger partial charge in [0.25, 0.3) is 10.0 Å². The molecule has 2 aromatic carbocycles. The van der Waals surface area contributed by atoms with Crippen LogP contribution in [0.2, 0.25) is 0 Å². The SMILES string of the molecule is Cl.O=S(=O)(Nc1ccc(F)cc1)c1ccc(F)cc1. The van der Waals surface area contributed by atoms with Gasteiger partial charge >= 0.3 is 0 Å². The Kier molecular flexibility index (Phi) is 4.85. The van der Waals surface area contributed by atoms with Crippen molar-refractivity contribution in [2.75, 3.05) is 4.72 Å². The maximum Gasteiger partial charge on any atom is 0.261 e. The third kappa shape index (κ3) is 3.90. The number of rotatable bonds is 3. The molecule has 102 valence electrons. The highest BCUT2D eigenvalue weighted by Gasteiger charge is 2.13. The lowest BCUT2D eigenvalue weighted by atomic mass is 10.3. The number of hydrogen-bond donors (Lipinski definition) is 1. The molecule has 2 aromatic rings. The van der Waals surface area contributed by atoms with Crippen molar-refractivity contribution in [3.63, 3.8) is 0 Å². The maximum absolute atomic E-state index is 12.7. The van der Waals surface area contributed by atoms with Crippen LogP contribution in [0, 0.1) is 11.6 Å². The number of sulfonamides is 1. The van der Waals surface area contributed by atoms with Gasteiger partial charge in [-0.1, -0.05) is 0 Å². The van der Waals surface area contributed by atoms with Crippen molar-refractivity contribution in [2.24, 2.45) is 0 Å². The fraction of sp³-hybridized carbons (Fsp3) is 0. The standard InChI is InChI=1S/C12H9F2NO2S.ClH/c13-9-1-5-11(6-2-9)15-18(16,17)12-7-3-10(14)4-8-12;/h1-8,15H;1H. The van der Waals surface area contributed by atoms with E-state index in [1.54, 1.807) is 0 Å². The number of benzene rings is 2. The largest absolute Gasteiger partial charge is 0.280 e. The fourth-order valence-corrected chi connectivity index (χ4v) is 2.40. The van der Waals surface area contributed by atoms with Crippen LogP contribution < -0.4 is 4.72 Å². The first-order valence-corrected chi connectivity index (χ1v) is 6.50. The van der Waals surface area contributed by atoms with Gasteiger partial charge in [0.05, 0.1) is 4.90 Å². The fourth-order valence-electron chi connectivity index (χ4n) is 1.35. The van der Waals surface area contributed by atoms with Gasteiger partial charge in [0.1, 0.15) is 11.6 Å². The molecule has 2 rings (SSSR count). The van der Waals surface area contributed by atoms with E-state index in [9.17, 15) is 17.2 Å². The summed E-state index contributed by atoms with van der Waals surface area (Å²) in [5, 5.41) is 0. The summed E-state index contributed by atoms with van der Waals surface area (Å²) in [5.41, 5.74) is 0.237. The highest BCUT2D eigenvalue weighted by atomic mass is 35.5. The lowest BCUT2D eigenvalue weighted by Gasteiger charge is -2.07. The lowest BCUT2D eigenvalue weighted by molar-refractivity contribution is 0.599. The Hall–Kier alpha value is -1.66. The number of anilines is 1. The topological polar surface area (TPSA) is 46.2 Å². The Morgan fingerprint density at radius 2 is 1.21 bits per heavy atom. The van der Waals surface area contributed by atoms with Gasteiger partial charge in [-0.15, -0.1) is 12.4 Å². The third-order valence-electron chi connectivity index (χ3n) is 2.22. The molecule has 0 radical (unpaired) electrons. The summed E-state index contributed by atoms with van der Waals surface area (Å²) in [5.74, 6) is -0.976. The van der Waals surface area contributed by atoms with Gasteiger partial charge in [0.15, 0.2) is 0 Å². The Morgan fingerprint density at radius 1 is 0.789 bits per heavy atom. The summed E-state index contributed by atoms with van der Waals surface area (Å²) in [6.45, 7) is 0. The van der Waals surface area contributed by atoms with Crippen molar-refractivity contribution in [3.05, 3.63) is 60.2 Å². The zero-order chi connectivity index (χ0) is 13.2. The van der Waals surface area contributed by atoms with Crippen LogP contribution in [-0.2, 0) is 10.0 Å². The first-order valence-electron chi connectivity index (χ1n) is 5.01. The van der Waals surface area contributed by atoms with Crippen LogP contribution in [0.1, 0.15) is 0 Å². The molecule has 0 bridgehead atoms. The van der Waals surface area contributed by atoms with E-state index < -0.39 is 21.7 Å². The van der Waals surface area contributed by atoms with Gasteiger partial charge in [-0.05, 0) is 48.5 Å². The van der Waals surface area contributed by atoms with Crippen molar-refractivity contribution in [2.45, 2.75) is 4.90 Å². The van der Waals surface area contributed by atoms with E-state index in [-0.39, 0.29) is 23.0 Å². The predicted molar refractivity (Wildman–Crippen MR) is 70.9 cm³/mol. The molecular weight excluding hydrogens is 296 g/mol. The molecular formula is C12H10ClF2NO2S. The van der Waals surface area contributed by atoms with E-state index in [0.717, 1.165) is 36.4 Å². The van der Waals surface area contributed by atoms with Gasteiger partial charge in [0, 0.05) is 5.69 Å². The molecule has 19 heavy (non-hydrogen) atoms. The molecule has 0 aliphatic heterocycles. The van der Waals surface area contributed by atoms with Gasteiger partial charge in [-0.3, -0.25) is 4.72 Å². The van der Waals surface area contributed by atoms with E-state index in [2.05, 4.69) is 4.72 Å². The zero-order valence-electron chi connectivity index (χ0n) is 9.51. The zero-order valence-corrected chi connectivity index (χ0v) is 11.1. The predicted octanol–water partition coefficient (Wildman–Crippen LogP) is 3.19. The molecule has 0 amide bonds. The number of hydrogen-bond acceptors (Lipinski definition) is 2. The Labute approximate surface area is 115 Å². The molecule has 0 unspecified atom stereocenters. The van der Waals surface area contributed by atoms with Gasteiger partial charge in [-0.25, -0.2) is 17.2 Å². The van der Waals surface area contributed by atoms with E-state index in [4.69, 9.17) is 0 Å². The Bertz CT molecular complexity index is 642. The van der Waals surface area contributed by atoms with Crippen LogP contribution in [0.15, 0.2) is 53.4 Å². The molecule has 0 heterocycles. The Balaban J connectivity index is 0.00000180. The average Bonchev–Trinajstić information content (AvgIpc) is 2.32. The smallest absolute Gasteiger partial charge is 0.261 e. The number of halogens is 3. The normalized spacial score (nSPS) is 10.6. The molecule has 0 aliphatic carbocycles. The summed E-state index contributed by atoms with van der Waals surface area (Å²) in [7, 11) is -3.78. The molecule has 0 saturated heterocycles. The molecule has 7 heteroatoms. The van der Waals surface area contributed by atoms with Gasteiger partial charge in [-0.2, -0.15) is 0 Å². The second kappa shape index (κ2) is 5.99. The van der Waals surface area contributed by atoms with E-state index in [0.29, 0.717) is 0 Å². The molecule has 0 aromatic heterocycles. The van der Waals surface area contributed by atoms with Gasteiger partial charge in [0.2, 0.25) is 0 Å². The van der Waals surface area contributed by atoms with Crippen molar-refractivity contribution in [1.82, 2.24) is 0 Å². The van der Waals surface area contributed by atoms with Crippen LogP contribution in [0.4, 0.5) is 14.5 Å². The minimum absolute atomic E-state index is 0. The first kappa shape index (κ1) is 15.4. The summed E-state index contributed by atoms with van der Waals surface area (Å²) in [4.78, 5) is -0.0618. The maximum atomic E-state index is 12.7. The molecule has 0 aliphatic rings. The Morgan fingerprint density at radius 3 is 1.68 bits per heavy atom. The highest BCUT2D eigenvalue weighted by Crippen LogP contribution is 2.16. The summed E-state index contributed by atoms with van der Waals surface area (Å²) >= 11 is 0. The van der Waals surface area contributed by atoms with Crippen LogP contribution in [0.3, 0.4) is 0 Å². The van der Waals surface area contributed by atoms with E-state index in [1.165, 1.54) is 12.1 Å². The summed E-state index contributed by atoms with van der Waals surface area (Å²) < 4.78 is 51.4. The van der Waals surface area contributed by atoms with Crippen molar-refractivity contribution >= 4 is 28.1 Å². The van der Waals surface area contributed by atoms with Crippen LogP contribution in [-0.4, -0.2) is 8.42 Å². The average molecular weight is 306 g/mol. The minimum Gasteiger partial charge on any atom is -0.280 e. The quantitative estimate of drug-likeness (QED) is 0.946. The molecule has 0 spiro atoms. The lowest BCUT2D eigenvalue weighted by Crippen LogP contribution is -2.12. The summed E-state index contributed by atoms with van der Waals surface area (Å²) in [6, 6.07) is 9.30. The van der Waals surface area contributed by atoms with Crippen molar-refractivity contribution in [3.8, 4) is 0 Å². The molecule has 0 atom stereocenters. The number of nitrogens with one attached hydrogen (secondary N) is 1.